The van der Waals surface area contributed by atoms with Gasteiger partial charge in [0, 0.05) is 5.56 Å². The van der Waals surface area contributed by atoms with Crippen molar-refractivity contribution in [3.8, 4) is 5.69 Å². The first-order valence-electron chi connectivity index (χ1n) is 10.0. The molecule has 3 N–H and O–H groups in total. The minimum Gasteiger partial charge on any atom is -0.326 e. The van der Waals surface area contributed by atoms with Crippen molar-refractivity contribution in [1.29, 1.82) is 0 Å². The first-order chi connectivity index (χ1) is 16.7. The molecule has 1 aliphatic heterocycles. The van der Waals surface area contributed by atoms with E-state index < -0.39 is 63.5 Å². The van der Waals surface area contributed by atoms with Crippen LogP contribution in [0.4, 0.5) is 32.2 Å². The number of aryl methyl sites for hydroxylation is 1. The summed E-state index contributed by atoms with van der Waals surface area (Å²) < 4.78 is 83.1. The summed E-state index contributed by atoms with van der Waals surface area (Å²) in [6.07, 6.45) is -10.6. The highest BCUT2D eigenvalue weighted by Gasteiger charge is 2.68. The van der Waals surface area contributed by atoms with Gasteiger partial charge in [0.1, 0.15) is 11.4 Å². The van der Waals surface area contributed by atoms with Crippen LogP contribution in [-0.2, 0) is 16.5 Å². The van der Waals surface area contributed by atoms with Crippen molar-refractivity contribution >= 4 is 17.6 Å². The fourth-order valence-electron chi connectivity index (χ4n) is 3.80. The van der Waals surface area contributed by atoms with Gasteiger partial charge in [-0.1, -0.05) is 23.8 Å². The Morgan fingerprint density at radius 1 is 0.972 bits per heavy atom. The molecule has 4 rings (SSSR count). The maximum absolute atomic E-state index is 14.5. The van der Waals surface area contributed by atoms with E-state index in [1.807, 2.05) is 5.32 Å². The second-order valence-corrected chi connectivity index (χ2v) is 7.89. The maximum Gasteiger partial charge on any atom is 0.425 e. The van der Waals surface area contributed by atoms with Gasteiger partial charge in [-0.15, -0.1) is 0 Å². The number of nitrogens with zero attached hydrogens (tertiary/aromatic N) is 1. The molecule has 0 bridgehead atoms. The molecule has 2 amide bonds. The first kappa shape index (κ1) is 24.8. The number of nitrogens with one attached hydrogen (secondary N) is 3. The molecule has 3 aromatic rings. The number of benzene rings is 2. The van der Waals surface area contributed by atoms with Gasteiger partial charge in [0.15, 0.2) is 0 Å². The van der Waals surface area contributed by atoms with Gasteiger partial charge in [0.05, 0.1) is 11.3 Å². The van der Waals surface area contributed by atoms with E-state index in [9.17, 15) is 45.5 Å². The summed E-state index contributed by atoms with van der Waals surface area (Å²) in [4.78, 5) is 52.3. The Kier molecular flexibility index (Phi) is 5.57. The highest BCUT2D eigenvalue weighted by atomic mass is 19.4. The highest BCUT2D eigenvalue weighted by Crippen LogP contribution is 2.45. The van der Waals surface area contributed by atoms with Crippen LogP contribution in [0.1, 0.15) is 27.0 Å². The number of aromatic nitrogens is 2. The number of carbonyl (C=O) groups excluding carboxylic acids is 2. The summed E-state index contributed by atoms with van der Waals surface area (Å²) in [6.45, 7) is 1.70. The molecule has 1 unspecified atom stereocenters. The number of hydrogen-bond acceptors (Lipinski definition) is 4. The largest absolute Gasteiger partial charge is 0.425 e. The van der Waals surface area contributed by atoms with E-state index in [4.69, 9.17) is 0 Å². The lowest BCUT2D eigenvalue weighted by molar-refractivity contribution is -0.196. The zero-order valence-electron chi connectivity index (χ0n) is 18.0. The van der Waals surface area contributed by atoms with E-state index in [-0.39, 0.29) is 5.69 Å². The molecular weight excluding hydrogens is 498 g/mol. The fraction of sp³-hybridized carbons (Fsp3) is 0.182. The maximum atomic E-state index is 14.5. The molecule has 188 valence electrons. The summed E-state index contributed by atoms with van der Waals surface area (Å²) in [7, 11) is 0. The number of halogens is 6. The minimum absolute atomic E-state index is 0.0134. The van der Waals surface area contributed by atoms with Crippen molar-refractivity contribution in [3.63, 3.8) is 0 Å². The normalized spacial score (nSPS) is 17.5. The number of H-pyrrole nitrogens is 1. The average molecular weight is 512 g/mol. The van der Waals surface area contributed by atoms with Crippen LogP contribution in [-0.4, -0.2) is 27.5 Å². The number of anilines is 1. The first-order valence-corrected chi connectivity index (χ1v) is 10.0. The molecule has 2 heterocycles. The fourth-order valence-corrected chi connectivity index (χ4v) is 3.80. The number of rotatable bonds is 3. The Morgan fingerprint density at radius 2 is 1.61 bits per heavy atom. The molecule has 0 spiro atoms. The van der Waals surface area contributed by atoms with E-state index in [0.717, 1.165) is 17.7 Å². The van der Waals surface area contributed by atoms with E-state index in [2.05, 4.69) is 0 Å². The van der Waals surface area contributed by atoms with Crippen molar-refractivity contribution in [3.05, 3.63) is 91.6 Å². The van der Waals surface area contributed by atoms with E-state index in [1.165, 1.54) is 29.6 Å². The molecular formula is C22H14F6N4O4. The second kappa shape index (κ2) is 8.10. The van der Waals surface area contributed by atoms with Crippen LogP contribution >= 0.6 is 0 Å². The monoisotopic (exact) mass is 512 g/mol. The van der Waals surface area contributed by atoms with Gasteiger partial charge in [0.2, 0.25) is 0 Å². The zero-order valence-corrected chi connectivity index (χ0v) is 18.0. The molecule has 0 aliphatic carbocycles. The van der Waals surface area contributed by atoms with Crippen molar-refractivity contribution in [2.45, 2.75) is 24.8 Å². The number of alkyl halides is 6. The second-order valence-electron chi connectivity index (χ2n) is 7.89. The standard InChI is InChI=1S/C22H14F6N4O4/c1-10-5-7-13(8-6-10)32-15-14(17(34)30-19(32)36)20(18(35)29-15,22(26,27)28)31-16(33)11-3-2-4-12(9-11)21(23,24)25/h2-9H,1H3,(H,29,35)(H,31,33)(H,30,34,36). The molecule has 1 atom stereocenters. The third-order valence-corrected chi connectivity index (χ3v) is 5.53. The number of fused-ring (bicyclic) bond motifs is 1. The lowest BCUT2D eigenvalue weighted by Crippen LogP contribution is -2.62. The van der Waals surface area contributed by atoms with Crippen LogP contribution in [0.3, 0.4) is 0 Å². The molecule has 2 aromatic carbocycles. The Labute approximate surface area is 196 Å². The van der Waals surface area contributed by atoms with Crippen LogP contribution in [0.2, 0.25) is 0 Å². The smallest absolute Gasteiger partial charge is 0.326 e. The van der Waals surface area contributed by atoms with Crippen molar-refractivity contribution in [2.75, 3.05) is 5.32 Å². The van der Waals surface area contributed by atoms with Gasteiger partial charge in [-0.25, -0.2) is 9.36 Å². The number of carbonyl (C=O) groups is 2. The van der Waals surface area contributed by atoms with Gasteiger partial charge in [0.25, 0.3) is 22.9 Å². The summed E-state index contributed by atoms with van der Waals surface area (Å²) in [5.74, 6) is -4.49. The van der Waals surface area contributed by atoms with Gasteiger partial charge < -0.3 is 10.6 Å². The summed E-state index contributed by atoms with van der Waals surface area (Å²) in [5, 5.41) is 3.24. The topological polar surface area (TPSA) is 113 Å². The Bertz CT molecular complexity index is 1510. The Morgan fingerprint density at radius 3 is 2.19 bits per heavy atom. The van der Waals surface area contributed by atoms with Crippen LogP contribution in [0, 0.1) is 6.92 Å². The molecule has 0 radical (unpaired) electrons. The minimum atomic E-state index is -5.65. The van der Waals surface area contributed by atoms with E-state index in [1.54, 1.807) is 11.9 Å². The van der Waals surface area contributed by atoms with Crippen LogP contribution in [0.5, 0.6) is 0 Å². The molecule has 1 aliphatic rings. The van der Waals surface area contributed by atoms with E-state index >= 15 is 0 Å². The van der Waals surface area contributed by atoms with Crippen LogP contribution < -0.4 is 21.9 Å². The number of aromatic amines is 1. The lowest BCUT2D eigenvalue weighted by atomic mass is 9.91. The van der Waals surface area contributed by atoms with E-state index in [0.29, 0.717) is 16.7 Å². The Hall–Kier alpha value is -4.36. The molecule has 1 aromatic heterocycles. The van der Waals surface area contributed by atoms with Crippen LogP contribution in [0.25, 0.3) is 5.69 Å². The summed E-state index contributed by atoms with van der Waals surface area (Å²) in [6, 6.07) is 8.21. The molecule has 0 saturated heterocycles. The molecule has 14 heteroatoms. The number of hydrogen-bond donors (Lipinski definition) is 3. The molecule has 0 fully saturated rings. The predicted molar refractivity (Wildman–Crippen MR) is 113 cm³/mol. The SMILES string of the molecule is Cc1ccc(-n2c3c(c(=O)[nH]c2=O)C(NC(=O)c2cccc(C(F)(F)F)c2)(C(F)(F)F)C(=O)N3)cc1. The third kappa shape index (κ3) is 3.83. The highest BCUT2D eigenvalue weighted by molar-refractivity contribution is 6.09. The van der Waals surface area contributed by atoms with Crippen molar-refractivity contribution in [1.82, 2.24) is 14.9 Å². The molecule has 0 saturated carbocycles. The van der Waals surface area contributed by atoms with Gasteiger partial charge in [-0.05, 0) is 37.3 Å². The lowest BCUT2D eigenvalue weighted by Gasteiger charge is -2.30. The van der Waals surface area contributed by atoms with Gasteiger partial charge in [-0.3, -0.25) is 19.4 Å². The molecule has 36 heavy (non-hydrogen) atoms. The summed E-state index contributed by atoms with van der Waals surface area (Å²) in [5.41, 5.74) is -9.61. The third-order valence-electron chi connectivity index (χ3n) is 5.53. The van der Waals surface area contributed by atoms with Crippen molar-refractivity contribution in [2.24, 2.45) is 0 Å². The van der Waals surface area contributed by atoms with Gasteiger partial charge in [-0.2, -0.15) is 26.3 Å². The average Bonchev–Trinajstić information content (AvgIpc) is 3.07. The zero-order chi connectivity index (χ0) is 26.6. The van der Waals surface area contributed by atoms with Crippen LogP contribution in [0.15, 0.2) is 58.1 Å². The van der Waals surface area contributed by atoms with Gasteiger partial charge >= 0.3 is 18.0 Å². The van der Waals surface area contributed by atoms with Crippen molar-refractivity contribution < 1.29 is 35.9 Å². The summed E-state index contributed by atoms with van der Waals surface area (Å²) >= 11 is 0. The number of amides is 2. The Balaban J connectivity index is 1.93. The molecule has 8 nitrogen and oxygen atoms in total. The quantitative estimate of drug-likeness (QED) is 0.469. The predicted octanol–water partition coefficient (Wildman–Crippen LogP) is 2.99.